The predicted octanol–water partition coefficient (Wildman–Crippen LogP) is 3.56. The summed E-state index contributed by atoms with van der Waals surface area (Å²) in [5, 5.41) is 2.21. The van der Waals surface area contributed by atoms with Gasteiger partial charge in [-0.05, 0) is 24.5 Å². The molecular formula is C13H14ClN3S2. The predicted molar refractivity (Wildman–Crippen MR) is 85.9 cm³/mol. The van der Waals surface area contributed by atoms with Gasteiger partial charge in [0.2, 0.25) is 0 Å². The van der Waals surface area contributed by atoms with Crippen LogP contribution in [-0.2, 0) is 0 Å². The Labute approximate surface area is 126 Å². The van der Waals surface area contributed by atoms with Crippen molar-refractivity contribution < 1.29 is 0 Å². The fraction of sp³-hybridized carbons (Fsp3) is 0.385. The topological polar surface area (TPSA) is 29.0 Å². The zero-order valence-corrected chi connectivity index (χ0v) is 13.0. The van der Waals surface area contributed by atoms with Crippen molar-refractivity contribution in [2.45, 2.75) is 5.16 Å². The van der Waals surface area contributed by atoms with Gasteiger partial charge in [-0.2, -0.15) is 11.8 Å². The summed E-state index contributed by atoms with van der Waals surface area (Å²) in [6.07, 6.45) is 1.96. The molecule has 0 atom stereocenters. The van der Waals surface area contributed by atoms with E-state index in [1.54, 1.807) is 0 Å². The minimum absolute atomic E-state index is 0.544. The number of hydrogen-bond acceptors (Lipinski definition) is 5. The quantitative estimate of drug-likeness (QED) is 0.480. The van der Waals surface area contributed by atoms with Gasteiger partial charge >= 0.3 is 0 Å². The molecule has 0 N–H and O–H groups in total. The molecule has 100 valence electrons. The number of benzene rings is 1. The molecule has 0 saturated carbocycles. The highest BCUT2D eigenvalue weighted by molar-refractivity contribution is 7.99. The molecule has 6 heteroatoms. The molecular weight excluding hydrogens is 298 g/mol. The van der Waals surface area contributed by atoms with Crippen LogP contribution < -0.4 is 4.90 Å². The molecule has 19 heavy (non-hydrogen) atoms. The lowest BCUT2D eigenvalue weighted by atomic mass is 10.2. The number of nitrogens with zero attached hydrogens (tertiary/aromatic N) is 3. The monoisotopic (exact) mass is 311 g/mol. The maximum atomic E-state index is 6.26. The SMILES string of the molecule is CSc1nc(Cl)c2cc(N3CCSCC3)ccc2n1. The van der Waals surface area contributed by atoms with Gasteiger partial charge in [-0.25, -0.2) is 9.97 Å². The number of aromatic nitrogens is 2. The molecule has 1 saturated heterocycles. The van der Waals surface area contributed by atoms with Gasteiger partial charge in [0.15, 0.2) is 5.16 Å². The first-order chi connectivity index (χ1) is 9.28. The molecule has 1 aliphatic heterocycles. The third kappa shape index (κ3) is 2.78. The maximum Gasteiger partial charge on any atom is 0.189 e. The lowest BCUT2D eigenvalue weighted by Gasteiger charge is -2.28. The number of fused-ring (bicyclic) bond motifs is 1. The van der Waals surface area contributed by atoms with E-state index in [9.17, 15) is 0 Å². The van der Waals surface area contributed by atoms with E-state index in [1.807, 2.05) is 24.1 Å². The van der Waals surface area contributed by atoms with Crippen LogP contribution in [-0.4, -0.2) is 40.8 Å². The Morgan fingerprint density at radius 1 is 1.26 bits per heavy atom. The zero-order chi connectivity index (χ0) is 13.2. The van der Waals surface area contributed by atoms with Gasteiger partial charge in [-0.15, -0.1) is 0 Å². The van der Waals surface area contributed by atoms with E-state index in [-0.39, 0.29) is 0 Å². The third-order valence-corrected chi connectivity index (χ3v) is 4.95. The minimum Gasteiger partial charge on any atom is -0.370 e. The normalized spacial score (nSPS) is 16.0. The molecule has 3 nitrogen and oxygen atoms in total. The Hall–Kier alpha value is -0.650. The maximum absolute atomic E-state index is 6.26. The van der Waals surface area contributed by atoms with Gasteiger partial charge in [0.05, 0.1) is 5.52 Å². The number of thioether (sulfide) groups is 2. The van der Waals surface area contributed by atoms with Crippen molar-refractivity contribution in [1.29, 1.82) is 0 Å². The second kappa shape index (κ2) is 5.77. The molecule has 0 spiro atoms. The molecule has 0 aliphatic carbocycles. The molecule has 0 amide bonds. The van der Waals surface area contributed by atoms with E-state index in [2.05, 4.69) is 27.0 Å². The average Bonchev–Trinajstić information content (AvgIpc) is 2.47. The average molecular weight is 312 g/mol. The Morgan fingerprint density at radius 2 is 2.05 bits per heavy atom. The molecule has 1 aromatic carbocycles. The number of anilines is 1. The van der Waals surface area contributed by atoms with Crippen molar-refractivity contribution in [3.05, 3.63) is 23.4 Å². The van der Waals surface area contributed by atoms with Crippen LogP contribution in [0.3, 0.4) is 0 Å². The molecule has 0 unspecified atom stereocenters. The van der Waals surface area contributed by atoms with Crippen molar-refractivity contribution in [3.63, 3.8) is 0 Å². The van der Waals surface area contributed by atoms with Crippen LogP contribution in [0.4, 0.5) is 5.69 Å². The van der Waals surface area contributed by atoms with Gasteiger partial charge in [-0.3, -0.25) is 0 Å². The van der Waals surface area contributed by atoms with Gasteiger partial charge in [0.25, 0.3) is 0 Å². The van der Waals surface area contributed by atoms with E-state index >= 15 is 0 Å². The number of hydrogen-bond donors (Lipinski definition) is 0. The Kier molecular flexibility index (Phi) is 4.05. The fourth-order valence-corrected chi connectivity index (χ4v) is 3.73. The van der Waals surface area contributed by atoms with E-state index in [1.165, 1.54) is 29.0 Å². The highest BCUT2D eigenvalue weighted by atomic mass is 35.5. The summed E-state index contributed by atoms with van der Waals surface area (Å²) >= 11 is 9.78. The summed E-state index contributed by atoms with van der Waals surface area (Å²) in [4.78, 5) is 11.2. The summed E-state index contributed by atoms with van der Waals surface area (Å²) in [5.74, 6) is 2.38. The molecule has 2 heterocycles. The number of rotatable bonds is 2. The molecule has 3 rings (SSSR count). The molecule has 1 fully saturated rings. The Bertz CT molecular complexity index is 600. The highest BCUT2D eigenvalue weighted by Crippen LogP contribution is 2.28. The molecule has 0 bridgehead atoms. The fourth-order valence-electron chi connectivity index (χ4n) is 2.17. The van der Waals surface area contributed by atoms with Crippen LogP contribution in [0.1, 0.15) is 0 Å². The largest absolute Gasteiger partial charge is 0.370 e. The van der Waals surface area contributed by atoms with Crippen LogP contribution in [0.5, 0.6) is 0 Å². The first kappa shape index (κ1) is 13.3. The van der Waals surface area contributed by atoms with Crippen LogP contribution in [0, 0.1) is 0 Å². The van der Waals surface area contributed by atoms with E-state index in [0.29, 0.717) is 5.15 Å². The first-order valence-electron chi connectivity index (χ1n) is 6.12. The molecule has 2 aromatic rings. The molecule has 1 aliphatic rings. The summed E-state index contributed by atoms with van der Waals surface area (Å²) in [6.45, 7) is 2.19. The van der Waals surface area contributed by atoms with Crippen molar-refractivity contribution in [2.24, 2.45) is 0 Å². The second-order valence-electron chi connectivity index (χ2n) is 4.30. The second-order valence-corrected chi connectivity index (χ2v) is 6.66. The summed E-state index contributed by atoms with van der Waals surface area (Å²) in [7, 11) is 0. The standard InChI is InChI=1S/C13H14ClN3S2/c1-18-13-15-11-3-2-9(8-10(11)12(14)16-13)17-4-6-19-7-5-17/h2-3,8H,4-7H2,1H3. The van der Waals surface area contributed by atoms with Crippen LogP contribution in [0.2, 0.25) is 5.15 Å². The summed E-state index contributed by atoms with van der Waals surface area (Å²) < 4.78 is 0. The van der Waals surface area contributed by atoms with Crippen molar-refractivity contribution in [3.8, 4) is 0 Å². The van der Waals surface area contributed by atoms with Crippen molar-refractivity contribution >= 4 is 51.7 Å². The van der Waals surface area contributed by atoms with E-state index in [0.717, 1.165) is 29.1 Å². The molecule has 1 aromatic heterocycles. The van der Waals surface area contributed by atoms with Crippen molar-refractivity contribution in [2.75, 3.05) is 35.8 Å². The van der Waals surface area contributed by atoms with Crippen LogP contribution in [0.15, 0.2) is 23.4 Å². The van der Waals surface area contributed by atoms with Crippen LogP contribution >= 0.6 is 35.1 Å². The summed E-state index contributed by atoms with van der Waals surface area (Å²) in [6, 6.07) is 6.28. The molecule has 0 radical (unpaired) electrons. The zero-order valence-electron chi connectivity index (χ0n) is 10.6. The van der Waals surface area contributed by atoms with Gasteiger partial charge in [0, 0.05) is 35.7 Å². The van der Waals surface area contributed by atoms with Gasteiger partial charge in [-0.1, -0.05) is 23.4 Å². The number of halogens is 1. The van der Waals surface area contributed by atoms with Crippen molar-refractivity contribution in [1.82, 2.24) is 9.97 Å². The minimum atomic E-state index is 0.544. The van der Waals surface area contributed by atoms with Gasteiger partial charge in [0.1, 0.15) is 5.15 Å². The first-order valence-corrected chi connectivity index (χ1v) is 8.87. The summed E-state index contributed by atoms with van der Waals surface area (Å²) in [5.41, 5.74) is 2.13. The van der Waals surface area contributed by atoms with Gasteiger partial charge < -0.3 is 4.90 Å². The van der Waals surface area contributed by atoms with E-state index in [4.69, 9.17) is 11.6 Å². The van der Waals surface area contributed by atoms with Crippen LogP contribution in [0.25, 0.3) is 10.9 Å². The van der Waals surface area contributed by atoms with E-state index < -0.39 is 0 Å². The Balaban J connectivity index is 2.02. The Morgan fingerprint density at radius 3 is 2.79 bits per heavy atom. The smallest absolute Gasteiger partial charge is 0.189 e. The third-order valence-electron chi connectivity index (χ3n) is 3.17. The highest BCUT2D eigenvalue weighted by Gasteiger charge is 2.13. The lowest BCUT2D eigenvalue weighted by Crippen LogP contribution is -2.32. The lowest BCUT2D eigenvalue weighted by molar-refractivity contribution is 0.859.